The lowest BCUT2D eigenvalue weighted by atomic mass is 9.56. The van der Waals surface area contributed by atoms with Crippen LogP contribution >= 0.6 is 0 Å². The predicted octanol–water partition coefficient (Wildman–Crippen LogP) is 7.63. The van der Waals surface area contributed by atoms with Crippen molar-refractivity contribution in [2.24, 2.45) is 11.8 Å². The Bertz CT molecular complexity index is 1840. The van der Waals surface area contributed by atoms with Crippen LogP contribution in [-0.4, -0.2) is 12.8 Å². The lowest BCUT2D eigenvalue weighted by Gasteiger charge is -2.45. The second-order valence-corrected chi connectivity index (χ2v) is 10.7. The Hall–Kier alpha value is -4.11. The van der Waals surface area contributed by atoms with E-state index in [9.17, 15) is 0 Å². The lowest BCUT2D eigenvalue weighted by Crippen LogP contribution is -2.33. The summed E-state index contributed by atoms with van der Waals surface area (Å²) >= 11 is 0. The molecule has 0 saturated heterocycles. The van der Waals surface area contributed by atoms with Gasteiger partial charge < -0.3 is 4.42 Å². The fraction of sp³-hybridized carbons (Fsp3) is 0.147. The minimum atomic E-state index is 0.426. The molecule has 3 heteroatoms. The molecule has 2 atom stereocenters. The number of hydrogen-bond donors (Lipinski definition) is 0. The first-order chi connectivity index (χ1) is 18.2. The molecule has 0 aliphatic heterocycles. The zero-order chi connectivity index (χ0) is 24.7. The molecule has 0 bridgehead atoms. The number of para-hydroxylation sites is 1. The number of nitrogens with zero attached hydrogens (tertiary/aromatic N) is 1. The number of allylic oxidation sites excluding steroid dienone is 12. The summed E-state index contributed by atoms with van der Waals surface area (Å²) in [5, 5.41) is 2.31. The molecule has 0 N–H and O–H groups in total. The molecule has 4 aliphatic carbocycles. The fourth-order valence-electron chi connectivity index (χ4n) is 7.22. The van der Waals surface area contributed by atoms with Crippen LogP contribution in [0.15, 0.2) is 123 Å². The van der Waals surface area contributed by atoms with Crippen LogP contribution in [0.5, 0.6) is 0 Å². The Morgan fingerprint density at radius 2 is 1.57 bits per heavy atom. The molecule has 4 aromatic rings. The van der Waals surface area contributed by atoms with Crippen molar-refractivity contribution in [1.29, 1.82) is 0 Å². The maximum absolute atomic E-state index is 6.86. The standard InChI is InChI=1S/C34H26BNO/c1-19-14-17-23-22-9-6-12-26(33(22)37-34(23)28(19)27-13-2-3-18-36-27)31-24-10-4-7-20-15-16-21-8-5-11-25(32(31)35)30(21)29(20)24/h2-14,17-18,29-30H,15-16,35H2,1H3. The lowest BCUT2D eigenvalue weighted by molar-refractivity contribution is 0.481. The average Bonchev–Trinajstić information content (AvgIpc) is 3.32. The van der Waals surface area contributed by atoms with Crippen LogP contribution in [0.4, 0.5) is 0 Å². The number of fused-ring (bicyclic) bond motifs is 3. The SMILES string of the molecule is BC1=C2C=CC=C3CCC4=CC=CC(=C1c1cccc5c1oc1c(-c6ccccn6)c(C)ccc15)C4C32. The third-order valence-electron chi connectivity index (χ3n) is 8.84. The summed E-state index contributed by atoms with van der Waals surface area (Å²) in [5.74, 6) is 0.900. The maximum Gasteiger partial charge on any atom is 0.145 e. The van der Waals surface area contributed by atoms with Gasteiger partial charge in [0.2, 0.25) is 0 Å². The van der Waals surface area contributed by atoms with Crippen LogP contribution in [0.2, 0.25) is 0 Å². The van der Waals surface area contributed by atoms with Gasteiger partial charge in [-0.05, 0) is 54.2 Å². The van der Waals surface area contributed by atoms with E-state index in [2.05, 4.69) is 92.6 Å². The smallest absolute Gasteiger partial charge is 0.145 e. The topological polar surface area (TPSA) is 26.0 Å². The highest BCUT2D eigenvalue weighted by Crippen LogP contribution is 2.56. The summed E-state index contributed by atoms with van der Waals surface area (Å²) in [6.45, 7) is 2.14. The third-order valence-corrected chi connectivity index (χ3v) is 8.84. The van der Waals surface area contributed by atoms with Crippen LogP contribution in [-0.2, 0) is 0 Å². The second-order valence-electron chi connectivity index (χ2n) is 10.7. The summed E-state index contributed by atoms with van der Waals surface area (Å²) in [6, 6.07) is 17.1. The summed E-state index contributed by atoms with van der Waals surface area (Å²) < 4.78 is 6.86. The van der Waals surface area contributed by atoms with E-state index in [1.807, 2.05) is 18.3 Å². The molecule has 2 aromatic heterocycles. The van der Waals surface area contributed by atoms with E-state index in [4.69, 9.17) is 4.42 Å². The van der Waals surface area contributed by atoms with Crippen LogP contribution in [0.1, 0.15) is 24.0 Å². The van der Waals surface area contributed by atoms with E-state index in [1.54, 1.807) is 11.1 Å². The van der Waals surface area contributed by atoms with E-state index in [0.29, 0.717) is 11.8 Å². The van der Waals surface area contributed by atoms with Gasteiger partial charge in [-0.15, -0.1) is 0 Å². The fourth-order valence-corrected chi connectivity index (χ4v) is 7.22. The zero-order valence-corrected chi connectivity index (χ0v) is 21.1. The number of furan rings is 1. The van der Waals surface area contributed by atoms with Crippen LogP contribution in [0.3, 0.4) is 0 Å². The molecule has 1 saturated carbocycles. The summed E-state index contributed by atoms with van der Waals surface area (Å²) in [5.41, 5.74) is 15.1. The van der Waals surface area contributed by atoms with Gasteiger partial charge in [-0.3, -0.25) is 4.98 Å². The Labute approximate surface area is 217 Å². The van der Waals surface area contributed by atoms with Gasteiger partial charge in [-0.25, -0.2) is 0 Å². The van der Waals surface area contributed by atoms with Crippen LogP contribution < -0.4 is 0 Å². The van der Waals surface area contributed by atoms with Gasteiger partial charge in [-0.2, -0.15) is 0 Å². The molecular weight excluding hydrogens is 449 g/mol. The normalized spacial score (nSPS) is 22.0. The maximum atomic E-state index is 6.86. The highest BCUT2D eigenvalue weighted by Gasteiger charge is 2.42. The largest absolute Gasteiger partial charge is 0.455 e. The summed E-state index contributed by atoms with van der Waals surface area (Å²) in [6.07, 6.45) is 18.1. The monoisotopic (exact) mass is 475 g/mol. The number of hydrogen-bond acceptors (Lipinski definition) is 2. The van der Waals surface area contributed by atoms with Crippen LogP contribution in [0.25, 0.3) is 38.8 Å². The Balaban J connectivity index is 1.43. The molecule has 2 unspecified atom stereocenters. The molecule has 2 aromatic carbocycles. The first-order valence-electron chi connectivity index (χ1n) is 13.3. The molecule has 0 spiro atoms. The first-order valence-corrected chi connectivity index (χ1v) is 13.3. The number of aryl methyl sites for hydroxylation is 1. The average molecular weight is 475 g/mol. The van der Waals surface area contributed by atoms with E-state index >= 15 is 0 Å². The molecule has 1 fully saturated rings. The summed E-state index contributed by atoms with van der Waals surface area (Å²) in [4.78, 5) is 4.67. The van der Waals surface area contributed by atoms with E-state index in [0.717, 1.165) is 39.6 Å². The minimum absolute atomic E-state index is 0.426. The quantitative estimate of drug-likeness (QED) is 0.279. The zero-order valence-electron chi connectivity index (χ0n) is 21.1. The molecule has 2 nitrogen and oxygen atoms in total. The van der Waals surface area contributed by atoms with Crippen molar-refractivity contribution in [2.45, 2.75) is 19.8 Å². The molecular formula is C34H26BNO. The molecule has 2 heterocycles. The number of benzene rings is 2. The van der Waals surface area contributed by atoms with E-state index < -0.39 is 0 Å². The molecule has 0 radical (unpaired) electrons. The highest BCUT2D eigenvalue weighted by atomic mass is 16.3. The van der Waals surface area contributed by atoms with E-state index in [-0.39, 0.29) is 0 Å². The Morgan fingerprint density at radius 3 is 2.35 bits per heavy atom. The van der Waals surface area contributed by atoms with Crippen molar-refractivity contribution >= 4 is 35.4 Å². The van der Waals surface area contributed by atoms with Crippen molar-refractivity contribution < 1.29 is 4.42 Å². The highest BCUT2D eigenvalue weighted by molar-refractivity contribution is 6.33. The minimum Gasteiger partial charge on any atom is -0.455 e. The van der Waals surface area contributed by atoms with Gasteiger partial charge in [0.15, 0.2) is 0 Å². The van der Waals surface area contributed by atoms with Gasteiger partial charge in [0, 0.05) is 39.9 Å². The van der Waals surface area contributed by atoms with Crippen LogP contribution in [0, 0.1) is 18.8 Å². The van der Waals surface area contributed by atoms with Crippen molar-refractivity contribution in [1.82, 2.24) is 4.98 Å². The van der Waals surface area contributed by atoms with Gasteiger partial charge in [0.1, 0.15) is 19.0 Å². The second kappa shape index (κ2) is 7.70. The summed E-state index contributed by atoms with van der Waals surface area (Å²) in [7, 11) is 2.31. The van der Waals surface area contributed by atoms with Gasteiger partial charge in [0.25, 0.3) is 0 Å². The molecule has 0 amide bonds. The first kappa shape index (κ1) is 21.0. The Kier molecular flexibility index (Phi) is 4.37. The number of pyridine rings is 1. The van der Waals surface area contributed by atoms with Gasteiger partial charge in [0.05, 0.1) is 5.69 Å². The van der Waals surface area contributed by atoms with Crippen molar-refractivity contribution in [2.75, 3.05) is 0 Å². The number of rotatable bonds is 2. The van der Waals surface area contributed by atoms with Gasteiger partial charge in [-0.1, -0.05) is 89.5 Å². The molecule has 8 rings (SSSR count). The van der Waals surface area contributed by atoms with Crippen molar-refractivity contribution in [3.8, 4) is 11.3 Å². The Morgan fingerprint density at radius 1 is 0.811 bits per heavy atom. The molecule has 4 aliphatic rings. The van der Waals surface area contributed by atoms with Crippen molar-refractivity contribution in [3.05, 3.63) is 130 Å². The van der Waals surface area contributed by atoms with Crippen molar-refractivity contribution in [3.63, 3.8) is 0 Å². The van der Waals surface area contributed by atoms with Gasteiger partial charge >= 0.3 is 0 Å². The van der Waals surface area contributed by atoms with E-state index in [1.165, 1.54) is 39.7 Å². The number of aromatic nitrogens is 1. The third kappa shape index (κ3) is 2.86. The predicted molar refractivity (Wildman–Crippen MR) is 155 cm³/mol. The molecule has 37 heavy (non-hydrogen) atoms. The molecule has 176 valence electrons.